The summed E-state index contributed by atoms with van der Waals surface area (Å²) in [5.74, 6) is -0.00831. The lowest BCUT2D eigenvalue weighted by Crippen LogP contribution is -2.25. The van der Waals surface area contributed by atoms with Crippen LogP contribution in [0.15, 0.2) is 48.6 Å². The lowest BCUT2D eigenvalue weighted by molar-refractivity contribution is -0.152. The van der Waals surface area contributed by atoms with E-state index in [1.807, 2.05) is 18.2 Å². The van der Waals surface area contributed by atoms with Crippen molar-refractivity contribution in [3.8, 4) is 0 Å². The van der Waals surface area contributed by atoms with E-state index in [4.69, 9.17) is 9.47 Å². The Morgan fingerprint density at radius 3 is 1.90 bits per heavy atom. The third-order valence-corrected chi connectivity index (χ3v) is 6.60. The second-order valence-corrected chi connectivity index (χ2v) is 11.3. The molecule has 0 heterocycles. The van der Waals surface area contributed by atoms with Gasteiger partial charge in [0.1, 0.15) is 19.3 Å². The number of hydrogen-bond donors (Lipinski definition) is 2. The predicted molar refractivity (Wildman–Crippen MR) is 169 cm³/mol. The number of ether oxygens (including phenoxy) is 2. The summed E-state index contributed by atoms with van der Waals surface area (Å²) in [6, 6.07) is 0. The summed E-state index contributed by atoms with van der Waals surface area (Å²) in [6.07, 6.45) is 30.7. The maximum atomic E-state index is 11.9. The maximum Gasteiger partial charge on any atom is 0.305 e. The molecule has 0 fully saturated rings. The topological polar surface area (TPSA) is 93.1 Å². The third kappa shape index (κ3) is 30.6. The standard InChI is InChI=1S/C35H60O6/c1-4-5-6-7-8-9-10-11-12-13-14-18-21-25-32(36)26-23-28-35(39)41-30-33(37)29-40-34(38)27-22-19-16-15-17-20-24-31(2)3/h8-9,11-12,14,18,21,25,31-33,36-37H,4-7,10,13,15-17,19-20,22-24,26-30H2,1-3H3/b9-8-,12-11-,18-14-,25-21+/t32-,33+/m1/s1. The molecule has 0 aliphatic rings. The summed E-state index contributed by atoms with van der Waals surface area (Å²) in [5.41, 5.74) is 0. The van der Waals surface area contributed by atoms with Crippen LogP contribution in [0.25, 0.3) is 0 Å². The predicted octanol–water partition coefficient (Wildman–Crippen LogP) is 8.33. The van der Waals surface area contributed by atoms with Crippen molar-refractivity contribution < 1.29 is 29.3 Å². The van der Waals surface area contributed by atoms with Crippen LogP contribution in [0.5, 0.6) is 0 Å². The molecule has 2 atom stereocenters. The average Bonchev–Trinajstić information content (AvgIpc) is 2.94. The van der Waals surface area contributed by atoms with Crippen molar-refractivity contribution in [3.63, 3.8) is 0 Å². The molecule has 0 bridgehead atoms. The van der Waals surface area contributed by atoms with Crippen molar-refractivity contribution in [2.45, 2.75) is 142 Å². The van der Waals surface area contributed by atoms with E-state index >= 15 is 0 Å². The second-order valence-electron chi connectivity index (χ2n) is 11.3. The summed E-state index contributed by atoms with van der Waals surface area (Å²) in [4.78, 5) is 23.7. The molecule has 0 aromatic rings. The van der Waals surface area contributed by atoms with Crippen molar-refractivity contribution in [1.29, 1.82) is 0 Å². The normalized spacial score (nSPS) is 13.7. The minimum Gasteiger partial charge on any atom is -0.463 e. The lowest BCUT2D eigenvalue weighted by Gasteiger charge is -2.12. The molecule has 0 radical (unpaired) electrons. The van der Waals surface area contributed by atoms with Crippen LogP contribution >= 0.6 is 0 Å². The molecule has 0 aromatic heterocycles. The van der Waals surface area contributed by atoms with Gasteiger partial charge in [0.15, 0.2) is 0 Å². The van der Waals surface area contributed by atoms with Crippen LogP contribution in [0.2, 0.25) is 0 Å². The van der Waals surface area contributed by atoms with Crippen molar-refractivity contribution in [3.05, 3.63) is 48.6 Å². The first-order valence-electron chi connectivity index (χ1n) is 16.2. The van der Waals surface area contributed by atoms with Crippen LogP contribution < -0.4 is 0 Å². The molecule has 6 heteroatoms. The van der Waals surface area contributed by atoms with Gasteiger partial charge in [-0.1, -0.05) is 121 Å². The van der Waals surface area contributed by atoms with E-state index in [9.17, 15) is 19.8 Å². The number of unbranched alkanes of at least 4 members (excludes halogenated alkanes) is 8. The van der Waals surface area contributed by atoms with Crippen LogP contribution in [0, 0.1) is 5.92 Å². The highest BCUT2D eigenvalue weighted by atomic mass is 16.6. The summed E-state index contributed by atoms with van der Waals surface area (Å²) < 4.78 is 10.1. The molecular formula is C35H60O6. The van der Waals surface area contributed by atoms with Crippen LogP contribution in [0.1, 0.15) is 130 Å². The monoisotopic (exact) mass is 576 g/mol. The number of rotatable bonds is 27. The molecule has 0 aliphatic carbocycles. The fourth-order valence-corrected chi connectivity index (χ4v) is 4.08. The number of carbonyl (C=O) groups is 2. The van der Waals surface area contributed by atoms with Crippen molar-refractivity contribution in [2.75, 3.05) is 13.2 Å². The molecule has 0 rings (SSSR count). The molecule has 2 N–H and O–H groups in total. The highest BCUT2D eigenvalue weighted by molar-refractivity contribution is 5.69. The first-order valence-corrected chi connectivity index (χ1v) is 16.2. The smallest absolute Gasteiger partial charge is 0.305 e. The summed E-state index contributed by atoms with van der Waals surface area (Å²) in [6.45, 7) is 6.32. The fourth-order valence-electron chi connectivity index (χ4n) is 4.08. The summed E-state index contributed by atoms with van der Waals surface area (Å²) >= 11 is 0. The van der Waals surface area contributed by atoms with E-state index in [1.165, 1.54) is 44.9 Å². The molecule has 0 spiro atoms. The Morgan fingerprint density at radius 1 is 0.659 bits per heavy atom. The molecule has 6 nitrogen and oxygen atoms in total. The van der Waals surface area contributed by atoms with E-state index < -0.39 is 18.2 Å². The zero-order chi connectivity index (χ0) is 30.4. The van der Waals surface area contributed by atoms with Gasteiger partial charge in [0.05, 0.1) is 6.10 Å². The fraction of sp³-hybridized carbons (Fsp3) is 0.714. The Morgan fingerprint density at radius 2 is 1.24 bits per heavy atom. The molecular weight excluding hydrogens is 516 g/mol. The van der Waals surface area contributed by atoms with Gasteiger partial charge in [-0.05, 0) is 50.9 Å². The first-order chi connectivity index (χ1) is 19.8. The van der Waals surface area contributed by atoms with Crippen LogP contribution in [0.4, 0.5) is 0 Å². The zero-order valence-corrected chi connectivity index (χ0v) is 26.3. The van der Waals surface area contributed by atoms with Gasteiger partial charge in [0, 0.05) is 12.8 Å². The van der Waals surface area contributed by atoms with Crippen molar-refractivity contribution in [1.82, 2.24) is 0 Å². The molecule has 0 saturated heterocycles. The largest absolute Gasteiger partial charge is 0.463 e. The Kier molecular flexibility index (Phi) is 27.8. The van der Waals surface area contributed by atoms with Crippen LogP contribution in [-0.4, -0.2) is 47.6 Å². The Hall–Kier alpha value is -2.18. The Labute approximate surface area is 251 Å². The molecule has 0 unspecified atom stereocenters. The van der Waals surface area contributed by atoms with E-state index in [0.717, 1.165) is 44.4 Å². The molecule has 236 valence electrons. The van der Waals surface area contributed by atoms with Crippen molar-refractivity contribution >= 4 is 11.9 Å². The number of esters is 2. The van der Waals surface area contributed by atoms with Gasteiger partial charge in [0.2, 0.25) is 0 Å². The van der Waals surface area contributed by atoms with Gasteiger partial charge in [-0.3, -0.25) is 9.59 Å². The van der Waals surface area contributed by atoms with Crippen molar-refractivity contribution in [2.24, 2.45) is 5.92 Å². The maximum absolute atomic E-state index is 11.9. The molecule has 0 saturated carbocycles. The third-order valence-electron chi connectivity index (χ3n) is 6.60. The number of allylic oxidation sites excluding steroid dienone is 7. The minimum absolute atomic E-state index is 0.155. The van der Waals surface area contributed by atoms with Gasteiger partial charge in [-0.25, -0.2) is 0 Å². The average molecular weight is 577 g/mol. The van der Waals surface area contributed by atoms with E-state index in [1.54, 1.807) is 6.08 Å². The summed E-state index contributed by atoms with van der Waals surface area (Å²) in [7, 11) is 0. The number of aliphatic hydroxyl groups excluding tert-OH is 2. The van der Waals surface area contributed by atoms with Gasteiger partial charge in [-0.2, -0.15) is 0 Å². The quantitative estimate of drug-likeness (QED) is 0.0442. The highest BCUT2D eigenvalue weighted by Gasteiger charge is 2.12. The Balaban J connectivity index is 3.73. The highest BCUT2D eigenvalue weighted by Crippen LogP contribution is 2.12. The molecule has 0 aromatic carbocycles. The Bertz CT molecular complexity index is 737. The number of aliphatic hydroxyl groups is 2. The minimum atomic E-state index is -1.04. The van der Waals surface area contributed by atoms with E-state index in [-0.39, 0.29) is 25.6 Å². The van der Waals surface area contributed by atoms with Crippen LogP contribution in [0.3, 0.4) is 0 Å². The first kappa shape index (κ1) is 38.8. The number of hydrogen-bond acceptors (Lipinski definition) is 6. The van der Waals surface area contributed by atoms with Gasteiger partial charge >= 0.3 is 11.9 Å². The molecule has 0 amide bonds. The zero-order valence-electron chi connectivity index (χ0n) is 26.3. The lowest BCUT2D eigenvalue weighted by atomic mass is 10.0. The molecule has 41 heavy (non-hydrogen) atoms. The second kappa shape index (κ2) is 29.3. The SMILES string of the molecule is CCCCC/C=C\C/C=C\C/C=C\C=C\[C@@H](O)CCCC(=O)OC[C@@H](O)COC(=O)CCCCCCCCC(C)C. The number of carbonyl (C=O) groups excluding carboxylic acids is 2. The van der Waals surface area contributed by atoms with Crippen LogP contribution in [-0.2, 0) is 19.1 Å². The summed E-state index contributed by atoms with van der Waals surface area (Å²) in [5, 5.41) is 20.0. The van der Waals surface area contributed by atoms with E-state index in [0.29, 0.717) is 19.3 Å². The molecule has 0 aliphatic heterocycles. The van der Waals surface area contributed by atoms with Gasteiger partial charge < -0.3 is 19.7 Å². The van der Waals surface area contributed by atoms with Gasteiger partial charge in [0.25, 0.3) is 0 Å². The van der Waals surface area contributed by atoms with E-state index in [2.05, 4.69) is 45.1 Å². The van der Waals surface area contributed by atoms with Gasteiger partial charge in [-0.15, -0.1) is 0 Å².